The van der Waals surface area contributed by atoms with Crippen LogP contribution < -0.4 is 5.32 Å². The smallest absolute Gasteiger partial charge is 0.319 e. The van der Waals surface area contributed by atoms with E-state index in [2.05, 4.69) is 29.4 Å². The normalized spacial score (nSPS) is 15.3. The summed E-state index contributed by atoms with van der Waals surface area (Å²) in [5.41, 5.74) is 0. The van der Waals surface area contributed by atoms with Crippen molar-refractivity contribution in [2.24, 2.45) is 5.92 Å². The van der Waals surface area contributed by atoms with Crippen molar-refractivity contribution in [1.82, 2.24) is 20.0 Å². The van der Waals surface area contributed by atoms with Gasteiger partial charge in [-0.1, -0.05) is 25.2 Å². The van der Waals surface area contributed by atoms with Crippen molar-refractivity contribution in [2.75, 3.05) is 31.5 Å². The summed E-state index contributed by atoms with van der Waals surface area (Å²) in [6.07, 6.45) is 3.43. The van der Waals surface area contributed by atoms with Crippen LogP contribution in [0, 0.1) is 5.92 Å². The Morgan fingerprint density at radius 1 is 1.15 bits per heavy atom. The van der Waals surface area contributed by atoms with Crippen LogP contribution in [-0.4, -0.2) is 58.1 Å². The molecule has 1 fully saturated rings. The molecule has 1 aromatic rings. The van der Waals surface area contributed by atoms with Crippen molar-refractivity contribution in [3.63, 3.8) is 0 Å². The highest BCUT2D eigenvalue weighted by Gasteiger charge is 2.29. The number of anilines is 1. The summed E-state index contributed by atoms with van der Waals surface area (Å²) < 4.78 is 0. The molecule has 0 aliphatic carbocycles. The predicted octanol–water partition coefficient (Wildman–Crippen LogP) is 3.55. The van der Waals surface area contributed by atoms with Crippen molar-refractivity contribution in [3.8, 4) is 0 Å². The lowest BCUT2D eigenvalue weighted by Crippen LogP contribution is -2.47. The van der Waals surface area contributed by atoms with Gasteiger partial charge in [-0.15, -0.1) is 10.2 Å². The van der Waals surface area contributed by atoms with Gasteiger partial charge in [-0.05, 0) is 39.5 Å². The van der Waals surface area contributed by atoms with Crippen molar-refractivity contribution < 1.29 is 9.59 Å². The van der Waals surface area contributed by atoms with E-state index in [0.29, 0.717) is 50.1 Å². The molecule has 0 atom stereocenters. The van der Waals surface area contributed by atoms with E-state index in [1.807, 2.05) is 23.6 Å². The minimum atomic E-state index is -0.0729. The molecular formula is C18H31N5O2S. The molecule has 146 valence electrons. The van der Waals surface area contributed by atoms with Crippen LogP contribution >= 0.6 is 11.3 Å². The highest BCUT2D eigenvalue weighted by molar-refractivity contribution is 7.15. The van der Waals surface area contributed by atoms with E-state index in [1.54, 1.807) is 0 Å². The maximum absolute atomic E-state index is 12.5. The topological polar surface area (TPSA) is 78.4 Å². The Hall–Kier alpha value is -1.70. The standard InChI is InChI=1S/C18H31N5O2S/c1-5-13(6-2)16-20-21-17(26-16)19-15(24)14-9-11-23(12-10-14)18(25)22(7-3)8-4/h13-14H,5-12H2,1-4H3,(H,19,21,24). The Balaban J connectivity index is 1.86. The summed E-state index contributed by atoms with van der Waals surface area (Å²) in [4.78, 5) is 28.6. The predicted molar refractivity (Wildman–Crippen MR) is 104 cm³/mol. The second-order valence-corrected chi connectivity index (χ2v) is 7.67. The molecule has 1 aliphatic heterocycles. The molecule has 1 saturated heterocycles. The molecule has 8 heteroatoms. The number of nitrogens with one attached hydrogen (secondary N) is 1. The number of carbonyl (C=O) groups excluding carboxylic acids is 2. The molecule has 0 saturated carbocycles. The monoisotopic (exact) mass is 381 g/mol. The first kappa shape index (κ1) is 20.6. The first-order chi connectivity index (χ1) is 12.5. The maximum atomic E-state index is 12.5. The molecule has 0 spiro atoms. The van der Waals surface area contributed by atoms with Gasteiger partial charge in [-0.25, -0.2) is 4.79 Å². The number of nitrogens with zero attached hydrogens (tertiary/aromatic N) is 4. The number of rotatable bonds is 7. The molecule has 3 amide bonds. The van der Waals surface area contributed by atoms with E-state index < -0.39 is 0 Å². The molecule has 2 rings (SSSR count). The Bertz CT molecular complexity index is 590. The quantitative estimate of drug-likeness (QED) is 0.783. The fraction of sp³-hybridized carbons (Fsp3) is 0.778. The maximum Gasteiger partial charge on any atom is 0.319 e. The zero-order chi connectivity index (χ0) is 19.1. The zero-order valence-electron chi connectivity index (χ0n) is 16.3. The minimum Gasteiger partial charge on any atom is -0.325 e. The molecule has 0 bridgehead atoms. The average molecular weight is 382 g/mol. The molecule has 1 aromatic heterocycles. The van der Waals surface area contributed by atoms with Crippen molar-refractivity contribution in [1.29, 1.82) is 0 Å². The van der Waals surface area contributed by atoms with Gasteiger partial charge in [0.1, 0.15) is 5.01 Å². The molecule has 0 aromatic carbocycles. The summed E-state index contributed by atoms with van der Waals surface area (Å²) in [6, 6.07) is 0.0767. The van der Waals surface area contributed by atoms with Gasteiger partial charge in [-0.3, -0.25) is 4.79 Å². The lowest BCUT2D eigenvalue weighted by Gasteiger charge is -2.34. The van der Waals surface area contributed by atoms with Crippen LogP contribution in [0.5, 0.6) is 0 Å². The third kappa shape index (κ3) is 4.93. The van der Waals surface area contributed by atoms with Crippen molar-refractivity contribution in [3.05, 3.63) is 5.01 Å². The molecule has 1 N–H and O–H groups in total. The number of aromatic nitrogens is 2. The number of piperidine rings is 1. The number of amides is 3. The van der Waals surface area contributed by atoms with Gasteiger partial charge < -0.3 is 15.1 Å². The highest BCUT2D eigenvalue weighted by atomic mass is 32.1. The first-order valence-corrected chi connectivity index (χ1v) is 10.5. The van der Waals surface area contributed by atoms with E-state index in [0.717, 1.165) is 17.8 Å². The van der Waals surface area contributed by atoms with Gasteiger partial charge in [0.15, 0.2) is 0 Å². The van der Waals surface area contributed by atoms with Crippen LogP contribution in [0.15, 0.2) is 0 Å². The van der Waals surface area contributed by atoms with E-state index in [1.165, 1.54) is 11.3 Å². The largest absolute Gasteiger partial charge is 0.325 e. The molecule has 2 heterocycles. The number of hydrogen-bond donors (Lipinski definition) is 1. The van der Waals surface area contributed by atoms with Crippen molar-refractivity contribution >= 4 is 28.4 Å². The van der Waals surface area contributed by atoms with Crippen LogP contribution in [0.2, 0.25) is 0 Å². The number of likely N-dealkylation sites (tertiary alicyclic amines) is 1. The highest BCUT2D eigenvalue weighted by Crippen LogP contribution is 2.29. The SMILES string of the molecule is CCC(CC)c1nnc(NC(=O)C2CCN(C(=O)N(CC)CC)CC2)s1. The Kier molecular flexibility index (Phi) is 7.81. The minimum absolute atomic E-state index is 0.00724. The van der Waals surface area contributed by atoms with Crippen LogP contribution in [0.4, 0.5) is 9.93 Å². The van der Waals surface area contributed by atoms with Crippen LogP contribution in [0.3, 0.4) is 0 Å². The average Bonchev–Trinajstić information content (AvgIpc) is 3.12. The van der Waals surface area contributed by atoms with Crippen LogP contribution in [0.1, 0.15) is 64.3 Å². The van der Waals surface area contributed by atoms with E-state index in [-0.39, 0.29) is 17.9 Å². The first-order valence-electron chi connectivity index (χ1n) is 9.71. The van der Waals surface area contributed by atoms with Gasteiger partial charge in [0.25, 0.3) is 0 Å². The Labute approximate surface area is 160 Å². The lowest BCUT2D eigenvalue weighted by molar-refractivity contribution is -0.121. The fourth-order valence-electron chi connectivity index (χ4n) is 3.32. The van der Waals surface area contributed by atoms with E-state index in [9.17, 15) is 9.59 Å². The van der Waals surface area contributed by atoms with Gasteiger partial charge in [-0.2, -0.15) is 0 Å². The number of hydrogen-bond acceptors (Lipinski definition) is 5. The fourth-order valence-corrected chi connectivity index (χ4v) is 4.34. The van der Waals surface area contributed by atoms with Gasteiger partial charge in [0.2, 0.25) is 11.0 Å². The number of carbonyl (C=O) groups is 2. The summed E-state index contributed by atoms with van der Waals surface area (Å²) >= 11 is 1.47. The van der Waals surface area contributed by atoms with Crippen molar-refractivity contribution in [2.45, 2.75) is 59.3 Å². The Morgan fingerprint density at radius 3 is 2.31 bits per heavy atom. The second-order valence-electron chi connectivity index (χ2n) is 6.66. The molecule has 0 radical (unpaired) electrons. The Morgan fingerprint density at radius 2 is 1.77 bits per heavy atom. The van der Waals surface area contributed by atoms with Crippen LogP contribution in [-0.2, 0) is 4.79 Å². The summed E-state index contributed by atoms with van der Waals surface area (Å²) in [5, 5.41) is 12.8. The molecule has 26 heavy (non-hydrogen) atoms. The lowest BCUT2D eigenvalue weighted by atomic mass is 9.96. The van der Waals surface area contributed by atoms with E-state index in [4.69, 9.17) is 0 Å². The van der Waals surface area contributed by atoms with Gasteiger partial charge in [0, 0.05) is 38.0 Å². The van der Waals surface area contributed by atoms with Gasteiger partial charge >= 0.3 is 6.03 Å². The van der Waals surface area contributed by atoms with Gasteiger partial charge in [0.05, 0.1) is 0 Å². The molecular weight excluding hydrogens is 350 g/mol. The number of urea groups is 1. The summed E-state index contributed by atoms with van der Waals surface area (Å²) in [5.74, 6) is 0.330. The zero-order valence-corrected chi connectivity index (χ0v) is 17.1. The molecule has 1 aliphatic rings. The van der Waals surface area contributed by atoms with Crippen LogP contribution in [0.25, 0.3) is 0 Å². The second kappa shape index (κ2) is 9.85. The van der Waals surface area contributed by atoms with E-state index >= 15 is 0 Å². The molecule has 7 nitrogen and oxygen atoms in total. The summed E-state index contributed by atoms with van der Waals surface area (Å²) in [7, 11) is 0. The third-order valence-electron chi connectivity index (χ3n) is 5.18. The molecule has 0 unspecified atom stereocenters. The summed E-state index contributed by atoms with van der Waals surface area (Å²) in [6.45, 7) is 10.9. The third-order valence-corrected chi connectivity index (χ3v) is 6.18.